The smallest absolute Gasteiger partial charge is 0.254 e. The predicted molar refractivity (Wildman–Crippen MR) is 71.4 cm³/mol. The van der Waals surface area contributed by atoms with Crippen LogP contribution in [-0.2, 0) is 4.79 Å². The second-order valence-corrected chi connectivity index (χ2v) is 4.23. The second-order valence-electron chi connectivity index (χ2n) is 4.23. The molecule has 0 unspecified atom stereocenters. The maximum absolute atomic E-state index is 13.5. The zero-order valence-electron chi connectivity index (χ0n) is 11.5. The van der Waals surface area contributed by atoms with E-state index in [0.717, 1.165) is 5.56 Å². The van der Waals surface area contributed by atoms with Crippen molar-refractivity contribution in [2.75, 3.05) is 19.6 Å². The average Bonchev–Trinajstić information content (AvgIpc) is 2.40. The first-order valence-electron chi connectivity index (χ1n) is 6.31. The molecule has 104 valence electrons. The van der Waals surface area contributed by atoms with E-state index in [0.29, 0.717) is 13.1 Å². The van der Waals surface area contributed by atoms with Crippen LogP contribution in [-0.4, -0.2) is 36.3 Å². The summed E-state index contributed by atoms with van der Waals surface area (Å²) in [6, 6.07) is 4.30. The Morgan fingerprint density at radius 3 is 2.47 bits per heavy atom. The van der Waals surface area contributed by atoms with Gasteiger partial charge in [0, 0.05) is 13.1 Å². The number of hydrogen-bond donors (Lipinski definition) is 1. The monoisotopic (exact) mass is 266 g/mol. The summed E-state index contributed by atoms with van der Waals surface area (Å²) in [5.74, 6) is -1.33. The topological polar surface area (TPSA) is 49.4 Å². The highest BCUT2D eigenvalue weighted by Crippen LogP contribution is 2.09. The fourth-order valence-corrected chi connectivity index (χ4v) is 1.75. The molecule has 0 radical (unpaired) electrons. The number of likely N-dealkylation sites (N-methyl/N-ethyl adjacent to an activating group) is 1. The number of amides is 2. The number of benzene rings is 1. The van der Waals surface area contributed by atoms with E-state index in [2.05, 4.69) is 5.32 Å². The maximum atomic E-state index is 13.5. The van der Waals surface area contributed by atoms with Gasteiger partial charge in [-0.2, -0.15) is 0 Å². The molecule has 0 aromatic heterocycles. The Balaban J connectivity index is 2.65. The Morgan fingerprint density at radius 2 is 1.89 bits per heavy atom. The van der Waals surface area contributed by atoms with Crippen molar-refractivity contribution in [3.63, 3.8) is 0 Å². The standard InChI is InChI=1S/C14H19FN2O2/c1-4-17(5-2)13(18)9-16-14(19)11-8-10(3)6-7-12(11)15/h6-8H,4-5,9H2,1-3H3,(H,16,19). The van der Waals surface area contributed by atoms with Crippen LogP contribution < -0.4 is 5.32 Å². The molecule has 0 saturated heterocycles. The number of hydrogen-bond acceptors (Lipinski definition) is 2. The fraction of sp³-hybridized carbons (Fsp3) is 0.429. The molecule has 0 aliphatic rings. The minimum absolute atomic E-state index is 0.0349. The van der Waals surface area contributed by atoms with Crippen molar-refractivity contribution < 1.29 is 14.0 Å². The molecule has 0 heterocycles. The Morgan fingerprint density at radius 1 is 1.26 bits per heavy atom. The van der Waals surface area contributed by atoms with E-state index in [-0.39, 0.29) is 18.0 Å². The summed E-state index contributed by atoms with van der Waals surface area (Å²) in [4.78, 5) is 25.1. The highest BCUT2D eigenvalue weighted by atomic mass is 19.1. The van der Waals surface area contributed by atoms with Gasteiger partial charge in [-0.1, -0.05) is 11.6 Å². The van der Waals surface area contributed by atoms with E-state index in [1.807, 2.05) is 13.8 Å². The molecule has 4 nitrogen and oxygen atoms in total. The Kier molecular flexibility index (Phi) is 5.48. The van der Waals surface area contributed by atoms with Crippen molar-refractivity contribution >= 4 is 11.8 Å². The van der Waals surface area contributed by atoms with E-state index < -0.39 is 11.7 Å². The van der Waals surface area contributed by atoms with E-state index >= 15 is 0 Å². The molecule has 1 aromatic rings. The highest BCUT2D eigenvalue weighted by Gasteiger charge is 2.14. The molecule has 1 N–H and O–H groups in total. The molecule has 0 aliphatic carbocycles. The number of carbonyl (C=O) groups excluding carboxylic acids is 2. The van der Waals surface area contributed by atoms with E-state index in [4.69, 9.17) is 0 Å². The first-order valence-corrected chi connectivity index (χ1v) is 6.31. The van der Waals surface area contributed by atoms with E-state index in [1.54, 1.807) is 17.9 Å². The summed E-state index contributed by atoms with van der Waals surface area (Å²) in [6.45, 7) is 6.56. The molecular weight excluding hydrogens is 247 g/mol. The van der Waals surface area contributed by atoms with Gasteiger partial charge in [-0.05, 0) is 32.9 Å². The van der Waals surface area contributed by atoms with Gasteiger partial charge in [0.2, 0.25) is 5.91 Å². The Labute approximate surface area is 112 Å². The van der Waals surface area contributed by atoms with Crippen LogP contribution >= 0.6 is 0 Å². The lowest BCUT2D eigenvalue weighted by Crippen LogP contribution is -2.40. The molecule has 0 atom stereocenters. The van der Waals surface area contributed by atoms with E-state index in [1.165, 1.54) is 12.1 Å². The van der Waals surface area contributed by atoms with Crippen molar-refractivity contribution in [1.82, 2.24) is 10.2 Å². The zero-order chi connectivity index (χ0) is 14.4. The first kappa shape index (κ1) is 15.1. The van der Waals surface area contributed by atoms with Crippen LogP contribution in [0, 0.1) is 12.7 Å². The number of nitrogens with zero attached hydrogens (tertiary/aromatic N) is 1. The van der Waals surface area contributed by atoms with Crippen molar-refractivity contribution in [2.45, 2.75) is 20.8 Å². The summed E-state index contributed by atoms with van der Waals surface area (Å²) >= 11 is 0. The van der Waals surface area contributed by atoms with Gasteiger partial charge in [0.05, 0.1) is 12.1 Å². The fourth-order valence-electron chi connectivity index (χ4n) is 1.75. The van der Waals surface area contributed by atoms with Crippen molar-refractivity contribution in [3.05, 3.63) is 35.1 Å². The third-order valence-electron chi connectivity index (χ3n) is 2.88. The maximum Gasteiger partial charge on any atom is 0.254 e. The Bertz CT molecular complexity index is 471. The molecule has 0 saturated carbocycles. The molecule has 2 amide bonds. The molecule has 19 heavy (non-hydrogen) atoms. The molecule has 0 spiro atoms. The zero-order valence-corrected chi connectivity index (χ0v) is 11.5. The van der Waals surface area contributed by atoms with Gasteiger partial charge in [-0.3, -0.25) is 9.59 Å². The van der Waals surface area contributed by atoms with Crippen molar-refractivity contribution in [3.8, 4) is 0 Å². The number of aryl methyl sites for hydroxylation is 1. The van der Waals surface area contributed by atoms with Gasteiger partial charge in [0.1, 0.15) is 5.82 Å². The second kappa shape index (κ2) is 6.87. The summed E-state index contributed by atoms with van der Waals surface area (Å²) in [7, 11) is 0. The number of nitrogens with one attached hydrogen (secondary N) is 1. The minimum Gasteiger partial charge on any atom is -0.343 e. The van der Waals surface area contributed by atoms with Gasteiger partial charge in [0.15, 0.2) is 0 Å². The Hall–Kier alpha value is -1.91. The normalized spacial score (nSPS) is 10.1. The summed E-state index contributed by atoms with van der Waals surface area (Å²) in [6.07, 6.45) is 0. The van der Waals surface area contributed by atoms with E-state index in [9.17, 15) is 14.0 Å². The van der Waals surface area contributed by atoms with Crippen LogP contribution in [0.25, 0.3) is 0 Å². The van der Waals surface area contributed by atoms with Crippen LogP contribution in [0.15, 0.2) is 18.2 Å². The van der Waals surface area contributed by atoms with Gasteiger partial charge in [-0.15, -0.1) is 0 Å². The van der Waals surface area contributed by atoms with Crippen LogP contribution in [0.5, 0.6) is 0 Å². The van der Waals surface area contributed by atoms with Gasteiger partial charge in [0.25, 0.3) is 5.91 Å². The molecule has 1 aromatic carbocycles. The molecule has 5 heteroatoms. The molecular formula is C14H19FN2O2. The molecule has 1 rings (SSSR count). The third-order valence-corrected chi connectivity index (χ3v) is 2.88. The number of rotatable bonds is 5. The first-order chi connectivity index (χ1) is 8.99. The van der Waals surface area contributed by atoms with Crippen LogP contribution in [0.3, 0.4) is 0 Å². The summed E-state index contributed by atoms with van der Waals surface area (Å²) in [5.41, 5.74) is 0.758. The lowest BCUT2D eigenvalue weighted by molar-refractivity contribution is -0.129. The molecule has 0 aliphatic heterocycles. The minimum atomic E-state index is -0.585. The molecule has 0 bridgehead atoms. The van der Waals surface area contributed by atoms with Gasteiger partial charge >= 0.3 is 0 Å². The number of carbonyl (C=O) groups is 2. The summed E-state index contributed by atoms with van der Waals surface area (Å²) in [5, 5.41) is 2.45. The van der Waals surface area contributed by atoms with Gasteiger partial charge in [-0.25, -0.2) is 4.39 Å². The lowest BCUT2D eigenvalue weighted by Gasteiger charge is -2.18. The molecule has 0 fully saturated rings. The third kappa shape index (κ3) is 4.05. The number of halogens is 1. The van der Waals surface area contributed by atoms with Crippen molar-refractivity contribution in [1.29, 1.82) is 0 Å². The van der Waals surface area contributed by atoms with Gasteiger partial charge < -0.3 is 10.2 Å². The predicted octanol–water partition coefficient (Wildman–Crippen LogP) is 1.73. The van der Waals surface area contributed by atoms with Crippen molar-refractivity contribution in [2.24, 2.45) is 0 Å². The average molecular weight is 266 g/mol. The van der Waals surface area contributed by atoms with Crippen LogP contribution in [0.2, 0.25) is 0 Å². The largest absolute Gasteiger partial charge is 0.343 e. The quantitative estimate of drug-likeness (QED) is 0.882. The van der Waals surface area contributed by atoms with Crippen LogP contribution in [0.1, 0.15) is 29.8 Å². The summed E-state index contributed by atoms with van der Waals surface area (Å²) < 4.78 is 13.5. The lowest BCUT2D eigenvalue weighted by atomic mass is 10.1. The SMILES string of the molecule is CCN(CC)C(=O)CNC(=O)c1cc(C)ccc1F. The highest BCUT2D eigenvalue weighted by molar-refractivity contribution is 5.96. The van der Waals surface area contributed by atoms with Crippen LogP contribution in [0.4, 0.5) is 4.39 Å².